The van der Waals surface area contributed by atoms with Crippen LogP contribution >= 0.6 is 11.3 Å². The molecule has 1 aromatic carbocycles. The van der Waals surface area contributed by atoms with Gasteiger partial charge in [-0.2, -0.15) is 4.31 Å². The quantitative estimate of drug-likeness (QED) is 0.753. The normalized spacial score (nSPS) is 12.0. The van der Waals surface area contributed by atoms with Crippen LogP contribution in [0.15, 0.2) is 39.9 Å². The van der Waals surface area contributed by atoms with Crippen LogP contribution in [0.1, 0.15) is 15.9 Å². The number of thiophene rings is 1. The van der Waals surface area contributed by atoms with Crippen molar-refractivity contribution in [3.63, 3.8) is 0 Å². The third-order valence-electron chi connectivity index (χ3n) is 3.52. The molecule has 0 spiro atoms. The van der Waals surface area contributed by atoms with Gasteiger partial charge in [-0.05, 0) is 26.2 Å². The summed E-state index contributed by atoms with van der Waals surface area (Å²) in [5.74, 6) is -1.67. The highest BCUT2D eigenvalue weighted by Crippen LogP contribution is 2.25. The molecule has 136 valence electrons. The summed E-state index contributed by atoms with van der Waals surface area (Å²) >= 11 is 0.844. The number of rotatable bonds is 8. The molecule has 0 bridgehead atoms. The van der Waals surface area contributed by atoms with Crippen molar-refractivity contribution < 1.29 is 22.7 Å². The minimum Gasteiger partial charge on any atom is -0.478 e. The molecule has 0 saturated carbocycles. The summed E-state index contributed by atoms with van der Waals surface area (Å²) in [5.41, 5.74) is 0.182. The first-order chi connectivity index (χ1) is 11.7. The molecule has 2 aromatic rings. The van der Waals surface area contributed by atoms with Gasteiger partial charge in [0, 0.05) is 30.6 Å². The van der Waals surface area contributed by atoms with E-state index < -0.39 is 21.8 Å². The summed E-state index contributed by atoms with van der Waals surface area (Å²) in [6, 6.07) is 7.12. The van der Waals surface area contributed by atoms with E-state index >= 15 is 0 Å². The zero-order chi connectivity index (χ0) is 18.6. The van der Waals surface area contributed by atoms with E-state index in [-0.39, 0.29) is 28.4 Å². The Hall–Kier alpha value is -1.81. The van der Waals surface area contributed by atoms with Crippen molar-refractivity contribution in [1.29, 1.82) is 0 Å². The third kappa shape index (κ3) is 4.85. The Morgan fingerprint density at radius 2 is 1.92 bits per heavy atom. The number of likely N-dealkylation sites (N-methyl/N-ethyl adjacent to an activating group) is 1. The van der Waals surface area contributed by atoms with Gasteiger partial charge in [0.1, 0.15) is 10.0 Å². The van der Waals surface area contributed by atoms with Crippen molar-refractivity contribution >= 4 is 27.3 Å². The number of hydrogen-bond acceptors (Lipinski definition) is 5. The number of carbonyl (C=O) groups is 1. The van der Waals surface area contributed by atoms with Crippen LogP contribution < -0.4 is 0 Å². The maximum absolute atomic E-state index is 13.9. The first kappa shape index (κ1) is 19.5. The number of benzene rings is 1. The number of hydrogen-bond donors (Lipinski definition) is 1. The molecule has 6 nitrogen and oxygen atoms in total. The lowest BCUT2D eigenvalue weighted by Crippen LogP contribution is -2.36. The SMILES string of the molecule is CN(C)CCN(Cc1ccccc1F)S(=O)(=O)c1cc(C(=O)O)cs1. The predicted molar refractivity (Wildman–Crippen MR) is 93.8 cm³/mol. The molecule has 25 heavy (non-hydrogen) atoms. The number of halogens is 1. The summed E-state index contributed by atoms with van der Waals surface area (Å²) in [6.07, 6.45) is 0. The molecule has 0 aliphatic carbocycles. The molecule has 0 fully saturated rings. The Balaban J connectivity index is 2.35. The molecule has 2 rings (SSSR count). The van der Waals surface area contributed by atoms with E-state index in [1.165, 1.54) is 27.9 Å². The van der Waals surface area contributed by atoms with Crippen LogP contribution in [0.25, 0.3) is 0 Å². The molecule has 9 heteroatoms. The average Bonchev–Trinajstić information content (AvgIpc) is 3.03. The summed E-state index contributed by atoms with van der Waals surface area (Å²) in [5, 5.41) is 10.3. The van der Waals surface area contributed by atoms with Crippen molar-refractivity contribution in [3.8, 4) is 0 Å². The van der Waals surface area contributed by atoms with Gasteiger partial charge in [-0.15, -0.1) is 11.3 Å². The molecule has 1 aromatic heterocycles. The van der Waals surface area contributed by atoms with Crippen LogP contribution in [0.3, 0.4) is 0 Å². The zero-order valence-corrected chi connectivity index (χ0v) is 15.5. The van der Waals surface area contributed by atoms with E-state index in [9.17, 15) is 17.6 Å². The van der Waals surface area contributed by atoms with Gasteiger partial charge in [0.2, 0.25) is 0 Å². The predicted octanol–water partition coefficient (Wildman–Crippen LogP) is 2.34. The number of aromatic carboxylic acids is 1. The highest BCUT2D eigenvalue weighted by molar-refractivity contribution is 7.91. The molecule has 0 aliphatic heterocycles. The van der Waals surface area contributed by atoms with Gasteiger partial charge in [0.25, 0.3) is 10.0 Å². The molecule has 1 heterocycles. The fourth-order valence-electron chi connectivity index (χ4n) is 2.10. The van der Waals surface area contributed by atoms with Gasteiger partial charge >= 0.3 is 5.97 Å². The molecule has 0 atom stereocenters. The van der Waals surface area contributed by atoms with Crippen molar-refractivity contribution in [3.05, 3.63) is 52.7 Å². The summed E-state index contributed by atoms with van der Waals surface area (Å²) in [6.45, 7) is 0.484. The second-order valence-electron chi connectivity index (χ2n) is 5.69. The van der Waals surface area contributed by atoms with E-state index in [4.69, 9.17) is 5.11 Å². The number of carboxylic acid groups (broad SMARTS) is 1. The van der Waals surface area contributed by atoms with E-state index in [2.05, 4.69) is 0 Å². The molecule has 0 unspecified atom stereocenters. The first-order valence-corrected chi connectivity index (χ1v) is 9.74. The van der Waals surface area contributed by atoms with Crippen LogP contribution in [-0.4, -0.2) is 55.9 Å². The Bertz CT molecular complexity index is 849. The minimum atomic E-state index is -3.93. The Kier molecular flexibility index (Phi) is 6.28. The fraction of sp³-hybridized carbons (Fsp3) is 0.312. The number of sulfonamides is 1. The summed E-state index contributed by atoms with van der Waals surface area (Å²) < 4.78 is 40.8. The molecular formula is C16H19FN2O4S2. The standard InChI is InChI=1S/C16H19FN2O4S2/c1-18(2)7-8-19(10-12-5-3-4-6-14(12)17)25(22,23)15-9-13(11-24-15)16(20)21/h3-6,9,11H,7-8,10H2,1-2H3,(H,20,21). The van der Waals surface area contributed by atoms with E-state index in [0.717, 1.165) is 17.4 Å². The Morgan fingerprint density at radius 1 is 1.24 bits per heavy atom. The van der Waals surface area contributed by atoms with Crippen LogP contribution in [0, 0.1) is 5.82 Å². The van der Waals surface area contributed by atoms with Gasteiger partial charge in [-0.1, -0.05) is 18.2 Å². The number of carboxylic acids is 1. The topological polar surface area (TPSA) is 77.9 Å². The van der Waals surface area contributed by atoms with Gasteiger partial charge in [0.15, 0.2) is 0 Å². The third-order valence-corrected chi connectivity index (χ3v) is 6.78. The van der Waals surface area contributed by atoms with E-state index in [0.29, 0.717) is 6.54 Å². The van der Waals surface area contributed by atoms with Crippen LogP contribution in [0.4, 0.5) is 4.39 Å². The van der Waals surface area contributed by atoms with Crippen LogP contribution in [0.5, 0.6) is 0 Å². The van der Waals surface area contributed by atoms with Crippen LogP contribution in [-0.2, 0) is 16.6 Å². The molecule has 1 N–H and O–H groups in total. The first-order valence-electron chi connectivity index (χ1n) is 7.42. The average molecular weight is 386 g/mol. The monoisotopic (exact) mass is 386 g/mol. The van der Waals surface area contributed by atoms with Crippen molar-refractivity contribution in [2.45, 2.75) is 10.8 Å². The minimum absolute atomic E-state index is 0.0694. The van der Waals surface area contributed by atoms with Crippen molar-refractivity contribution in [2.75, 3.05) is 27.2 Å². The zero-order valence-electron chi connectivity index (χ0n) is 13.8. The van der Waals surface area contributed by atoms with Gasteiger partial charge in [-0.3, -0.25) is 0 Å². The highest BCUT2D eigenvalue weighted by Gasteiger charge is 2.28. The molecule has 0 amide bonds. The lowest BCUT2D eigenvalue weighted by Gasteiger charge is -2.23. The maximum Gasteiger partial charge on any atom is 0.336 e. The molecule has 0 aliphatic rings. The lowest BCUT2D eigenvalue weighted by molar-refractivity contribution is 0.0697. The molecule has 0 saturated heterocycles. The van der Waals surface area contributed by atoms with Crippen LogP contribution in [0.2, 0.25) is 0 Å². The lowest BCUT2D eigenvalue weighted by atomic mass is 10.2. The summed E-state index contributed by atoms with van der Waals surface area (Å²) in [7, 11) is -0.315. The van der Waals surface area contributed by atoms with Gasteiger partial charge < -0.3 is 10.0 Å². The van der Waals surface area contributed by atoms with E-state index in [1.54, 1.807) is 6.07 Å². The van der Waals surface area contributed by atoms with E-state index in [1.807, 2.05) is 19.0 Å². The highest BCUT2D eigenvalue weighted by atomic mass is 32.2. The Morgan fingerprint density at radius 3 is 2.48 bits per heavy atom. The Labute approximate surface area is 150 Å². The second-order valence-corrected chi connectivity index (χ2v) is 8.77. The van der Waals surface area contributed by atoms with Gasteiger partial charge in [-0.25, -0.2) is 17.6 Å². The van der Waals surface area contributed by atoms with Crippen molar-refractivity contribution in [1.82, 2.24) is 9.21 Å². The fourth-order valence-corrected chi connectivity index (χ4v) is 4.82. The molecular weight excluding hydrogens is 367 g/mol. The van der Waals surface area contributed by atoms with Gasteiger partial charge in [0.05, 0.1) is 5.56 Å². The summed E-state index contributed by atoms with van der Waals surface area (Å²) in [4.78, 5) is 12.8. The maximum atomic E-state index is 13.9. The number of nitrogens with zero attached hydrogens (tertiary/aromatic N) is 2. The van der Waals surface area contributed by atoms with Crippen molar-refractivity contribution in [2.24, 2.45) is 0 Å². The second kappa shape index (κ2) is 8.05. The smallest absolute Gasteiger partial charge is 0.336 e. The molecule has 0 radical (unpaired) electrons. The largest absolute Gasteiger partial charge is 0.478 e.